The molecular formula is C22H22N6O4. The number of nitrogens with one attached hydrogen (secondary N) is 1. The monoisotopic (exact) mass is 434 g/mol. The fourth-order valence-electron chi connectivity index (χ4n) is 3.67. The Labute approximate surface area is 184 Å². The predicted octanol–water partition coefficient (Wildman–Crippen LogP) is 2.70. The van der Waals surface area contributed by atoms with Gasteiger partial charge in [0.2, 0.25) is 5.91 Å². The van der Waals surface area contributed by atoms with Gasteiger partial charge in [0.25, 0.3) is 11.6 Å². The van der Waals surface area contributed by atoms with Crippen molar-refractivity contribution in [3.8, 4) is 5.69 Å². The van der Waals surface area contributed by atoms with Gasteiger partial charge < -0.3 is 19.7 Å². The van der Waals surface area contributed by atoms with Gasteiger partial charge >= 0.3 is 0 Å². The maximum absolute atomic E-state index is 12.7. The summed E-state index contributed by atoms with van der Waals surface area (Å²) in [5.74, 6) is -0.444. The third kappa shape index (κ3) is 4.43. The lowest BCUT2D eigenvalue weighted by molar-refractivity contribution is -0.384. The van der Waals surface area contributed by atoms with Crippen LogP contribution in [0.1, 0.15) is 17.3 Å². The molecule has 2 amide bonds. The largest absolute Gasteiger partial charge is 0.362 e. The summed E-state index contributed by atoms with van der Waals surface area (Å²) < 4.78 is 1.84. The van der Waals surface area contributed by atoms with Crippen LogP contribution in [0.2, 0.25) is 0 Å². The Morgan fingerprint density at radius 1 is 1.06 bits per heavy atom. The fraction of sp³-hybridized carbons (Fsp3) is 0.227. The molecular weight excluding hydrogens is 412 g/mol. The summed E-state index contributed by atoms with van der Waals surface area (Å²) >= 11 is 0. The van der Waals surface area contributed by atoms with Gasteiger partial charge in [-0.3, -0.25) is 19.7 Å². The third-order valence-electron chi connectivity index (χ3n) is 5.43. The minimum Gasteiger partial charge on any atom is -0.362 e. The summed E-state index contributed by atoms with van der Waals surface area (Å²) in [7, 11) is 0. The molecule has 1 fully saturated rings. The molecule has 32 heavy (non-hydrogen) atoms. The molecule has 164 valence electrons. The van der Waals surface area contributed by atoms with Crippen molar-refractivity contribution in [3.63, 3.8) is 0 Å². The summed E-state index contributed by atoms with van der Waals surface area (Å²) in [6.45, 7) is 3.51. The smallest absolute Gasteiger partial charge is 0.293 e. The number of rotatable bonds is 5. The van der Waals surface area contributed by atoms with Gasteiger partial charge in [-0.15, -0.1) is 0 Å². The number of nitro benzene ring substituents is 1. The molecule has 0 aliphatic carbocycles. The molecule has 3 aromatic rings. The fourth-order valence-corrected chi connectivity index (χ4v) is 3.67. The number of nitro groups is 1. The number of amides is 2. The van der Waals surface area contributed by atoms with Gasteiger partial charge in [-0.05, 0) is 36.4 Å². The molecule has 1 saturated heterocycles. The molecule has 10 nitrogen and oxygen atoms in total. The quantitative estimate of drug-likeness (QED) is 0.488. The molecule has 4 rings (SSSR count). The van der Waals surface area contributed by atoms with Crippen LogP contribution >= 0.6 is 0 Å². The number of carbonyl (C=O) groups excluding carboxylic acids is 2. The normalized spacial score (nSPS) is 13.7. The average molecular weight is 434 g/mol. The number of carbonyl (C=O) groups is 2. The van der Waals surface area contributed by atoms with E-state index >= 15 is 0 Å². The summed E-state index contributed by atoms with van der Waals surface area (Å²) in [6, 6.07) is 11.7. The van der Waals surface area contributed by atoms with E-state index < -0.39 is 10.8 Å². The molecule has 0 radical (unpaired) electrons. The average Bonchev–Trinajstić information content (AvgIpc) is 3.34. The zero-order valence-electron chi connectivity index (χ0n) is 17.5. The van der Waals surface area contributed by atoms with Crippen LogP contribution in [0.4, 0.5) is 17.1 Å². The molecule has 2 heterocycles. The van der Waals surface area contributed by atoms with Crippen molar-refractivity contribution in [2.45, 2.75) is 6.92 Å². The number of aromatic nitrogens is 2. The van der Waals surface area contributed by atoms with Crippen LogP contribution in [-0.4, -0.2) is 57.4 Å². The lowest BCUT2D eigenvalue weighted by Crippen LogP contribution is -2.48. The highest BCUT2D eigenvalue weighted by molar-refractivity contribution is 6.05. The zero-order valence-corrected chi connectivity index (χ0v) is 17.5. The Kier molecular flexibility index (Phi) is 5.84. The minimum atomic E-state index is -0.483. The predicted molar refractivity (Wildman–Crippen MR) is 119 cm³/mol. The molecule has 0 atom stereocenters. The van der Waals surface area contributed by atoms with Crippen molar-refractivity contribution in [1.29, 1.82) is 0 Å². The number of hydrogen-bond donors (Lipinski definition) is 1. The van der Waals surface area contributed by atoms with E-state index in [1.807, 2.05) is 27.8 Å². The van der Waals surface area contributed by atoms with E-state index in [4.69, 9.17) is 0 Å². The van der Waals surface area contributed by atoms with Crippen molar-refractivity contribution < 1.29 is 14.5 Å². The number of nitrogens with zero attached hydrogens (tertiary/aromatic N) is 5. The topological polar surface area (TPSA) is 114 Å². The zero-order chi connectivity index (χ0) is 22.7. The molecule has 1 aliphatic rings. The second-order valence-electron chi connectivity index (χ2n) is 7.42. The van der Waals surface area contributed by atoms with E-state index in [0.717, 1.165) is 5.69 Å². The third-order valence-corrected chi connectivity index (χ3v) is 5.43. The van der Waals surface area contributed by atoms with Crippen LogP contribution < -0.4 is 10.2 Å². The number of imidazole rings is 1. The maximum atomic E-state index is 12.7. The molecule has 0 bridgehead atoms. The van der Waals surface area contributed by atoms with Gasteiger partial charge in [0, 0.05) is 68.5 Å². The Balaban J connectivity index is 1.49. The number of benzene rings is 2. The maximum Gasteiger partial charge on any atom is 0.293 e. The van der Waals surface area contributed by atoms with Gasteiger partial charge in [-0.1, -0.05) is 0 Å². The van der Waals surface area contributed by atoms with E-state index in [0.29, 0.717) is 37.6 Å². The van der Waals surface area contributed by atoms with Crippen LogP contribution in [0.25, 0.3) is 5.69 Å². The summed E-state index contributed by atoms with van der Waals surface area (Å²) in [6.07, 6.45) is 5.16. The van der Waals surface area contributed by atoms with Crippen LogP contribution in [0, 0.1) is 10.1 Å². The molecule has 1 aromatic heterocycles. The standard InChI is InChI=1S/C22H22N6O4/c1-16(29)25-10-12-26(13-11-25)20-7-2-17(14-21(20)28(31)32)22(30)24-18-3-5-19(6-4-18)27-9-8-23-15-27/h2-9,14-15H,10-13H2,1H3,(H,24,30). The minimum absolute atomic E-state index is 0.00997. The van der Waals surface area contributed by atoms with Crippen molar-refractivity contribution in [2.75, 3.05) is 36.4 Å². The van der Waals surface area contributed by atoms with E-state index in [1.54, 1.807) is 41.7 Å². The van der Waals surface area contributed by atoms with Crippen molar-refractivity contribution >= 4 is 28.9 Å². The van der Waals surface area contributed by atoms with Gasteiger partial charge in [0.15, 0.2) is 0 Å². The summed E-state index contributed by atoms with van der Waals surface area (Å²) in [4.78, 5) is 43.0. The molecule has 0 unspecified atom stereocenters. The van der Waals surface area contributed by atoms with Gasteiger partial charge in [-0.2, -0.15) is 0 Å². The lowest BCUT2D eigenvalue weighted by atomic mass is 10.1. The lowest BCUT2D eigenvalue weighted by Gasteiger charge is -2.35. The second-order valence-corrected chi connectivity index (χ2v) is 7.42. The Morgan fingerprint density at radius 2 is 1.78 bits per heavy atom. The van der Waals surface area contributed by atoms with Crippen LogP contribution in [-0.2, 0) is 4.79 Å². The van der Waals surface area contributed by atoms with Crippen molar-refractivity contribution in [1.82, 2.24) is 14.5 Å². The molecule has 2 aromatic carbocycles. The first-order valence-corrected chi connectivity index (χ1v) is 10.1. The molecule has 0 spiro atoms. The summed E-state index contributed by atoms with van der Waals surface area (Å²) in [5, 5.41) is 14.5. The van der Waals surface area contributed by atoms with Crippen LogP contribution in [0.15, 0.2) is 61.2 Å². The first kappa shape index (κ1) is 21.0. The number of anilines is 2. The van der Waals surface area contributed by atoms with Gasteiger partial charge in [-0.25, -0.2) is 4.98 Å². The highest BCUT2D eigenvalue weighted by Gasteiger charge is 2.26. The highest BCUT2D eigenvalue weighted by atomic mass is 16.6. The second kappa shape index (κ2) is 8.88. The molecule has 10 heteroatoms. The van der Waals surface area contributed by atoms with Gasteiger partial charge in [0.05, 0.1) is 11.3 Å². The van der Waals surface area contributed by atoms with Crippen molar-refractivity contribution in [3.05, 3.63) is 76.9 Å². The van der Waals surface area contributed by atoms with E-state index in [2.05, 4.69) is 10.3 Å². The Morgan fingerprint density at radius 3 is 2.38 bits per heavy atom. The van der Waals surface area contributed by atoms with E-state index in [1.165, 1.54) is 13.0 Å². The van der Waals surface area contributed by atoms with Crippen molar-refractivity contribution in [2.24, 2.45) is 0 Å². The molecule has 0 saturated carbocycles. The van der Waals surface area contributed by atoms with E-state index in [-0.39, 0.29) is 17.2 Å². The van der Waals surface area contributed by atoms with Crippen LogP contribution in [0.3, 0.4) is 0 Å². The summed E-state index contributed by atoms with van der Waals surface area (Å²) in [5.41, 5.74) is 1.97. The Bertz CT molecular complexity index is 1140. The van der Waals surface area contributed by atoms with Crippen LogP contribution in [0.5, 0.6) is 0 Å². The van der Waals surface area contributed by atoms with E-state index in [9.17, 15) is 19.7 Å². The van der Waals surface area contributed by atoms with Gasteiger partial charge in [0.1, 0.15) is 5.69 Å². The first-order chi connectivity index (χ1) is 15.4. The molecule has 1 aliphatic heterocycles. The Hall–Kier alpha value is -4.21. The first-order valence-electron chi connectivity index (χ1n) is 10.1. The SMILES string of the molecule is CC(=O)N1CCN(c2ccc(C(=O)Nc3ccc(-n4ccnc4)cc3)cc2[N+](=O)[O-])CC1. The molecule has 1 N–H and O–H groups in total. The number of hydrogen-bond acceptors (Lipinski definition) is 6. The number of piperazine rings is 1. The highest BCUT2D eigenvalue weighted by Crippen LogP contribution is 2.30.